The molecule has 0 radical (unpaired) electrons. The van der Waals surface area contributed by atoms with E-state index in [9.17, 15) is 4.79 Å². The molecule has 1 amide bonds. The van der Waals surface area contributed by atoms with Crippen molar-refractivity contribution in [1.29, 1.82) is 0 Å². The van der Waals surface area contributed by atoms with Gasteiger partial charge < -0.3 is 0 Å². The summed E-state index contributed by atoms with van der Waals surface area (Å²) in [6.07, 6.45) is 7.02. The Bertz CT molecular complexity index is 345. The number of hydrazone groups is 1. The molecule has 0 saturated carbocycles. The first-order valence-electron chi connectivity index (χ1n) is 5.51. The van der Waals surface area contributed by atoms with Crippen LogP contribution in [-0.4, -0.2) is 17.1 Å². The molecule has 1 aromatic heterocycles. The average molecular weight is 219 g/mol. The highest BCUT2D eigenvalue weighted by Gasteiger charge is 2.03. The maximum atomic E-state index is 11.6. The number of rotatable bonds is 5. The van der Waals surface area contributed by atoms with Crippen molar-refractivity contribution in [3.63, 3.8) is 0 Å². The van der Waals surface area contributed by atoms with Gasteiger partial charge in [-0.25, -0.2) is 5.43 Å². The minimum atomic E-state index is -0.204. The van der Waals surface area contributed by atoms with Gasteiger partial charge in [-0.05, 0) is 30.9 Å². The second-order valence-corrected chi connectivity index (χ2v) is 3.53. The first-order chi connectivity index (χ1) is 7.77. The maximum absolute atomic E-state index is 11.6. The smallest absolute Gasteiger partial charge is 0.267 e. The van der Waals surface area contributed by atoms with Gasteiger partial charge >= 0.3 is 0 Å². The molecule has 4 heteroatoms. The first kappa shape index (κ1) is 12.4. The largest absolute Gasteiger partial charge is 0.271 e. The van der Waals surface area contributed by atoms with E-state index in [-0.39, 0.29) is 5.91 Å². The van der Waals surface area contributed by atoms with Gasteiger partial charge in [0.15, 0.2) is 0 Å². The number of nitrogens with one attached hydrogen (secondary N) is 1. The summed E-state index contributed by atoms with van der Waals surface area (Å²) in [4.78, 5) is 15.4. The minimum Gasteiger partial charge on any atom is -0.267 e. The van der Waals surface area contributed by atoms with Crippen molar-refractivity contribution in [2.45, 2.75) is 26.7 Å². The molecule has 0 bridgehead atoms. The van der Waals surface area contributed by atoms with Gasteiger partial charge in [-0.15, -0.1) is 0 Å². The fraction of sp³-hybridized carbons (Fsp3) is 0.417. The van der Waals surface area contributed by atoms with Crippen molar-refractivity contribution in [1.82, 2.24) is 10.4 Å². The highest BCUT2D eigenvalue weighted by atomic mass is 16.2. The Morgan fingerprint density at radius 1 is 1.44 bits per heavy atom. The summed E-state index contributed by atoms with van der Waals surface area (Å²) in [5.74, 6) is 0.224. The zero-order valence-corrected chi connectivity index (χ0v) is 9.68. The predicted molar refractivity (Wildman–Crippen MR) is 64.3 cm³/mol. The Kier molecular flexibility index (Phi) is 5.19. The third kappa shape index (κ3) is 3.81. The number of nitrogens with zero attached hydrogens (tertiary/aromatic N) is 2. The average Bonchev–Trinajstić information content (AvgIpc) is 2.35. The highest BCUT2D eigenvalue weighted by molar-refractivity contribution is 5.94. The standard InChI is InChI=1S/C12H17N3O/c1-3-10(4-2)9-14-15-12(16)11-5-7-13-8-6-11/h5-10H,3-4H2,1-2H3,(H,15,16)/b14-9+. The Morgan fingerprint density at radius 2 is 2.06 bits per heavy atom. The van der Waals surface area contributed by atoms with Gasteiger partial charge in [-0.3, -0.25) is 9.78 Å². The second-order valence-electron chi connectivity index (χ2n) is 3.53. The summed E-state index contributed by atoms with van der Waals surface area (Å²) >= 11 is 0. The summed E-state index contributed by atoms with van der Waals surface area (Å²) in [5.41, 5.74) is 3.07. The van der Waals surface area contributed by atoms with Gasteiger partial charge in [-0.1, -0.05) is 13.8 Å². The van der Waals surface area contributed by atoms with E-state index in [1.54, 1.807) is 30.7 Å². The monoisotopic (exact) mass is 219 g/mol. The van der Waals surface area contributed by atoms with Gasteiger partial charge in [0.05, 0.1) is 0 Å². The van der Waals surface area contributed by atoms with Crippen LogP contribution in [-0.2, 0) is 0 Å². The Morgan fingerprint density at radius 3 is 2.62 bits per heavy atom. The Balaban J connectivity index is 2.47. The molecule has 0 aliphatic heterocycles. The van der Waals surface area contributed by atoms with Crippen molar-refractivity contribution in [3.8, 4) is 0 Å². The van der Waals surface area contributed by atoms with Gasteiger partial charge in [0.25, 0.3) is 5.91 Å². The second kappa shape index (κ2) is 6.71. The van der Waals surface area contributed by atoms with E-state index in [1.807, 2.05) is 0 Å². The fourth-order valence-corrected chi connectivity index (χ4v) is 1.27. The zero-order valence-electron chi connectivity index (χ0n) is 9.68. The normalized spacial score (nSPS) is 10.9. The Hall–Kier alpha value is -1.71. The lowest BCUT2D eigenvalue weighted by molar-refractivity contribution is 0.0955. The van der Waals surface area contributed by atoms with Crippen LogP contribution in [0.1, 0.15) is 37.0 Å². The number of hydrogen-bond acceptors (Lipinski definition) is 3. The van der Waals surface area contributed by atoms with Crippen LogP contribution in [0.4, 0.5) is 0 Å². The first-order valence-corrected chi connectivity index (χ1v) is 5.51. The quantitative estimate of drug-likeness (QED) is 0.610. The van der Waals surface area contributed by atoms with Crippen molar-refractivity contribution in [3.05, 3.63) is 30.1 Å². The molecule has 0 aliphatic rings. The molecule has 0 unspecified atom stereocenters. The molecule has 86 valence electrons. The van der Waals surface area contributed by atoms with Gasteiger partial charge in [0, 0.05) is 24.2 Å². The molecule has 0 spiro atoms. The van der Waals surface area contributed by atoms with Gasteiger partial charge in [-0.2, -0.15) is 5.10 Å². The molecular formula is C12H17N3O. The number of aromatic nitrogens is 1. The third-order valence-electron chi connectivity index (χ3n) is 2.44. The summed E-state index contributed by atoms with van der Waals surface area (Å²) in [5, 5.41) is 3.94. The molecule has 1 aromatic rings. The van der Waals surface area contributed by atoms with E-state index >= 15 is 0 Å². The van der Waals surface area contributed by atoms with Crippen LogP contribution in [0.15, 0.2) is 29.6 Å². The van der Waals surface area contributed by atoms with Crippen LogP contribution in [0.5, 0.6) is 0 Å². The number of carbonyl (C=O) groups excluding carboxylic acids is 1. The number of hydrogen-bond donors (Lipinski definition) is 1. The molecule has 16 heavy (non-hydrogen) atoms. The van der Waals surface area contributed by atoms with Crippen LogP contribution in [0.2, 0.25) is 0 Å². The predicted octanol–water partition coefficient (Wildman–Crippen LogP) is 2.23. The van der Waals surface area contributed by atoms with Crippen molar-refractivity contribution in [2.24, 2.45) is 11.0 Å². The van der Waals surface area contributed by atoms with E-state index in [2.05, 4.69) is 29.4 Å². The lowest BCUT2D eigenvalue weighted by Crippen LogP contribution is -2.18. The van der Waals surface area contributed by atoms with E-state index < -0.39 is 0 Å². The van der Waals surface area contributed by atoms with Gasteiger partial charge in [0.2, 0.25) is 0 Å². The van der Waals surface area contributed by atoms with E-state index in [0.717, 1.165) is 12.8 Å². The fourth-order valence-electron chi connectivity index (χ4n) is 1.27. The van der Waals surface area contributed by atoms with E-state index in [4.69, 9.17) is 0 Å². The summed E-state index contributed by atoms with van der Waals surface area (Å²) in [6, 6.07) is 3.31. The molecule has 0 aliphatic carbocycles. The topological polar surface area (TPSA) is 54.4 Å². The number of carbonyl (C=O) groups is 1. The molecule has 0 aromatic carbocycles. The molecule has 1 N–H and O–H groups in total. The van der Waals surface area contributed by atoms with Crippen LogP contribution >= 0.6 is 0 Å². The molecular weight excluding hydrogens is 202 g/mol. The van der Waals surface area contributed by atoms with Crippen LogP contribution in [0.25, 0.3) is 0 Å². The lowest BCUT2D eigenvalue weighted by atomic mass is 10.1. The molecule has 4 nitrogen and oxygen atoms in total. The minimum absolute atomic E-state index is 0.204. The maximum Gasteiger partial charge on any atom is 0.271 e. The Labute approximate surface area is 95.8 Å². The molecule has 1 heterocycles. The molecule has 0 fully saturated rings. The van der Waals surface area contributed by atoms with Crippen LogP contribution in [0.3, 0.4) is 0 Å². The summed E-state index contributed by atoms with van der Waals surface area (Å²) < 4.78 is 0. The van der Waals surface area contributed by atoms with Crippen LogP contribution < -0.4 is 5.43 Å². The van der Waals surface area contributed by atoms with Crippen molar-refractivity contribution >= 4 is 12.1 Å². The van der Waals surface area contributed by atoms with Crippen LogP contribution in [0, 0.1) is 5.92 Å². The lowest BCUT2D eigenvalue weighted by Gasteiger charge is -2.04. The van der Waals surface area contributed by atoms with E-state index in [0.29, 0.717) is 11.5 Å². The SMILES string of the molecule is CCC(/C=N/NC(=O)c1ccncc1)CC. The van der Waals surface area contributed by atoms with E-state index in [1.165, 1.54) is 0 Å². The third-order valence-corrected chi connectivity index (χ3v) is 2.44. The summed E-state index contributed by atoms with van der Waals surface area (Å²) in [7, 11) is 0. The number of amides is 1. The van der Waals surface area contributed by atoms with Crippen molar-refractivity contribution in [2.75, 3.05) is 0 Å². The molecule has 0 saturated heterocycles. The highest BCUT2D eigenvalue weighted by Crippen LogP contribution is 2.03. The summed E-state index contributed by atoms with van der Waals surface area (Å²) in [6.45, 7) is 4.20. The molecule has 1 rings (SSSR count). The molecule has 0 atom stereocenters. The zero-order chi connectivity index (χ0) is 11.8. The van der Waals surface area contributed by atoms with Gasteiger partial charge in [0.1, 0.15) is 0 Å². The number of pyridine rings is 1. The van der Waals surface area contributed by atoms with Crippen molar-refractivity contribution < 1.29 is 4.79 Å².